The molecule has 0 bridgehead atoms. The van der Waals surface area contributed by atoms with Crippen molar-refractivity contribution in [1.29, 1.82) is 0 Å². The Kier molecular flexibility index (Phi) is 1.78. The van der Waals surface area contributed by atoms with Crippen LogP contribution in [-0.2, 0) is 12.8 Å². The molecule has 0 atom stereocenters. The quantitative estimate of drug-likeness (QED) is 0.729. The van der Waals surface area contributed by atoms with Crippen molar-refractivity contribution in [1.82, 2.24) is 9.38 Å². The summed E-state index contributed by atoms with van der Waals surface area (Å²) in [6.45, 7) is 0. The third-order valence-electron chi connectivity index (χ3n) is 3.23. The molecule has 0 spiro atoms. The van der Waals surface area contributed by atoms with Crippen LogP contribution in [0.25, 0.3) is 16.2 Å². The highest BCUT2D eigenvalue weighted by Gasteiger charge is 2.25. The molecule has 3 aromatic heterocycles. The monoisotopic (exact) mass is 260 g/mol. The zero-order valence-electron chi connectivity index (χ0n) is 9.21. The first-order valence-corrected chi connectivity index (χ1v) is 6.36. The molecule has 0 aliphatic heterocycles. The lowest BCUT2D eigenvalue weighted by Gasteiger charge is -2.09. The SMILES string of the molecule is O=C(O)c1cn2c3c(nc2s1)-c1ccoc1CC3. The average molecular weight is 260 g/mol. The van der Waals surface area contributed by atoms with Gasteiger partial charge in [-0.25, -0.2) is 9.78 Å². The molecule has 0 radical (unpaired) electrons. The van der Waals surface area contributed by atoms with E-state index in [0.29, 0.717) is 4.88 Å². The Bertz CT molecular complexity index is 781. The van der Waals surface area contributed by atoms with Crippen LogP contribution in [0.15, 0.2) is 22.9 Å². The van der Waals surface area contributed by atoms with E-state index >= 15 is 0 Å². The molecule has 0 saturated heterocycles. The lowest BCUT2D eigenvalue weighted by Crippen LogP contribution is -2.03. The number of furan rings is 1. The zero-order chi connectivity index (χ0) is 12.3. The van der Waals surface area contributed by atoms with E-state index < -0.39 is 5.97 Å². The number of imidazole rings is 1. The third-order valence-corrected chi connectivity index (χ3v) is 4.20. The molecule has 1 aliphatic rings. The molecule has 5 nitrogen and oxygen atoms in total. The number of aromatic carboxylic acids is 1. The van der Waals surface area contributed by atoms with Gasteiger partial charge in [-0.3, -0.25) is 4.40 Å². The van der Waals surface area contributed by atoms with Gasteiger partial charge in [0.25, 0.3) is 0 Å². The molecule has 0 amide bonds. The predicted molar refractivity (Wildman–Crippen MR) is 65.1 cm³/mol. The number of fused-ring (bicyclic) bond motifs is 5. The summed E-state index contributed by atoms with van der Waals surface area (Å²) in [5.41, 5.74) is 3.03. The number of thiazole rings is 1. The Labute approximate surface area is 105 Å². The molecule has 0 saturated carbocycles. The summed E-state index contributed by atoms with van der Waals surface area (Å²) in [6.07, 6.45) is 4.99. The Morgan fingerprint density at radius 3 is 3.22 bits per heavy atom. The number of carboxylic acids is 1. The third kappa shape index (κ3) is 1.15. The number of aryl methyl sites for hydroxylation is 2. The van der Waals surface area contributed by atoms with Gasteiger partial charge >= 0.3 is 5.97 Å². The molecule has 6 heteroatoms. The highest BCUT2D eigenvalue weighted by Crippen LogP contribution is 2.35. The maximum absolute atomic E-state index is 10.9. The molecule has 1 N–H and O–H groups in total. The highest BCUT2D eigenvalue weighted by molar-refractivity contribution is 7.18. The molecule has 90 valence electrons. The summed E-state index contributed by atoms with van der Waals surface area (Å²) in [6, 6.07) is 1.92. The summed E-state index contributed by atoms with van der Waals surface area (Å²) in [4.78, 5) is 16.5. The van der Waals surface area contributed by atoms with Crippen LogP contribution in [-0.4, -0.2) is 20.5 Å². The highest BCUT2D eigenvalue weighted by atomic mass is 32.1. The average Bonchev–Trinajstić information content (AvgIpc) is 3.00. The summed E-state index contributed by atoms with van der Waals surface area (Å²) < 4.78 is 7.30. The molecular formula is C12H8N2O3S. The van der Waals surface area contributed by atoms with Crippen molar-refractivity contribution in [3.8, 4) is 11.3 Å². The van der Waals surface area contributed by atoms with E-state index in [1.54, 1.807) is 12.5 Å². The maximum atomic E-state index is 10.9. The summed E-state index contributed by atoms with van der Waals surface area (Å²) in [7, 11) is 0. The molecule has 0 fully saturated rings. The van der Waals surface area contributed by atoms with E-state index in [0.717, 1.165) is 40.5 Å². The first-order valence-electron chi connectivity index (χ1n) is 5.55. The Morgan fingerprint density at radius 1 is 1.50 bits per heavy atom. The van der Waals surface area contributed by atoms with Crippen molar-refractivity contribution >= 4 is 22.3 Å². The van der Waals surface area contributed by atoms with Gasteiger partial charge in [0, 0.05) is 18.2 Å². The number of carboxylic acid groups (broad SMARTS) is 1. The van der Waals surface area contributed by atoms with Crippen LogP contribution in [0.3, 0.4) is 0 Å². The van der Waals surface area contributed by atoms with Crippen LogP contribution in [0.2, 0.25) is 0 Å². The van der Waals surface area contributed by atoms with Gasteiger partial charge in [-0.1, -0.05) is 11.3 Å². The van der Waals surface area contributed by atoms with Gasteiger partial charge in [-0.2, -0.15) is 0 Å². The van der Waals surface area contributed by atoms with Crippen LogP contribution >= 0.6 is 11.3 Å². The molecular weight excluding hydrogens is 252 g/mol. The molecule has 18 heavy (non-hydrogen) atoms. The Hall–Kier alpha value is -2.08. The fraction of sp³-hybridized carbons (Fsp3) is 0.167. The van der Waals surface area contributed by atoms with Crippen molar-refractivity contribution in [2.75, 3.05) is 0 Å². The van der Waals surface area contributed by atoms with Gasteiger partial charge in [0.1, 0.15) is 10.6 Å². The number of hydrogen-bond donors (Lipinski definition) is 1. The van der Waals surface area contributed by atoms with Crippen LogP contribution in [0.5, 0.6) is 0 Å². The smallest absolute Gasteiger partial charge is 0.347 e. The zero-order valence-corrected chi connectivity index (χ0v) is 10.0. The van der Waals surface area contributed by atoms with Gasteiger partial charge in [-0.05, 0) is 12.5 Å². The van der Waals surface area contributed by atoms with E-state index in [-0.39, 0.29) is 0 Å². The minimum atomic E-state index is -0.904. The lowest BCUT2D eigenvalue weighted by atomic mass is 9.99. The molecule has 3 aromatic rings. The molecule has 3 heterocycles. The molecule has 1 aliphatic carbocycles. The van der Waals surface area contributed by atoms with Crippen molar-refractivity contribution in [3.05, 3.63) is 34.9 Å². The number of rotatable bonds is 1. The van der Waals surface area contributed by atoms with Crippen molar-refractivity contribution < 1.29 is 14.3 Å². The van der Waals surface area contributed by atoms with Crippen molar-refractivity contribution in [2.24, 2.45) is 0 Å². The van der Waals surface area contributed by atoms with Crippen LogP contribution in [0, 0.1) is 0 Å². The van der Waals surface area contributed by atoms with Gasteiger partial charge < -0.3 is 9.52 Å². The van der Waals surface area contributed by atoms with E-state index in [9.17, 15) is 4.79 Å². The lowest BCUT2D eigenvalue weighted by molar-refractivity contribution is 0.0702. The Morgan fingerprint density at radius 2 is 2.39 bits per heavy atom. The summed E-state index contributed by atoms with van der Waals surface area (Å²) in [5, 5.41) is 8.99. The minimum absolute atomic E-state index is 0.318. The number of nitrogens with zero attached hydrogens (tertiary/aromatic N) is 2. The predicted octanol–water partition coefficient (Wildman–Crippen LogP) is 2.45. The van der Waals surface area contributed by atoms with Crippen molar-refractivity contribution in [3.63, 3.8) is 0 Å². The first-order chi connectivity index (χ1) is 8.74. The topological polar surface area (TPSA) is 67.7 Å². The fourth-order valence-electron chi connectivity index (χ4n) is 2.42. The van der Waals surface area contributed by atoms with E-state index in [4.69, 9.17) is 9.52 Å². The summed E-state index contributed by atoms with van der Waals surface area (Å²) in [5.74, 6) is 0.0609. The van der Waals surface area contributed by atoms with Crippen LogP contribution in [0.4, 0.5) is 0 Å². The van der Waals surface area contributed by atoms with Gasteiger partial charge in [0.15, 0.2) is 4.96 Å². The molecule has 4 rings (SSSR count). The second-order valence-electron chi connectivity index (χ2n) is 4.22. The summed E-state index contributed by atoms with van der Waals surface area (Å²) >= 11 is 1.20. The molecule has 0 aromatic carbocycles. The van der Waals surface area contributed by atoms with Gasteiger partial charge in [-0.15, -0.1) is 0 Å². The second kappa shape index (κ2) is 3.23. The standard InChI is InChI=1S/C12H8N2O3S/c15-11(16)9-5-14-7-1-2-8-6(3-4-17-8)10(7)13-12(14)18-9/h3-5H,1-2H2,(H,15,16). The normalized spacial score (nSPS) is 13.6. The minimum Gasteiger partial charge on any atom is -0.477 e. The number of hydrogen-bond acceptors (Lipinski definition) is 4. The Balaban J connectivity index is 2.00. The van der Waals surface area contributed by atoms with Gasteiger partial charge in [0.05, 0.1) is 17.7 Å². The van der Waals surface area contributed by atoms with E-state index in [1.165, 1.54) is 11.3 Å². The van der Waals surface area contributed by atoms with E-state index in [2.05, 4.69) is 4.98 Å². The largest absolute Gasteiger partial charge is 0.477 e. The fourth-order valence-corrected chi connectivity index (χ4v) is 3.26. The van der Waals surface area contributed by atoms with Crippen molar-refractivity contribution in [2.45, 2.75) is 12.8 Å². The number of carbonyl (C=O) groups is 1. The van der Waals surface area contributed by atoms with Gasteiger partial charge in [0.2, 0.25) is 0 Å². The molecule has 0 unspecified atom stereocenters. The first kappa shape index (κ1) is 9.90. The van der Waals surface area contributed by atoms with Crippen LogP contribution < -0.4 is 0 Å². The van der Waals surface area contributed by atoms with E-state index in [1.807, 2.05) is 10.5 Å². The second-order valence-corrected chi connectivity index (χ2v) is 5.23. The van der Waals surface area contributed by atoms with Crippen LogP contribution in [0.1, 0.15) is 21.1 Å². The maximum Gasteiger partial charge on any atom is 0.347 e. The number of aromatic nitrogens is 2.